The molecule has 0 amide bonds. The van der Waals surface area contributed by atoms with Gasteiger partial charge in [-0.3, -0.25) is 0 Å². The number of nitrogens with one attached hydrogen (secondary N) is 2. The molecule has 4 nitrogen and oxygen atoms in total. The van der Waals surface area contributed by atoms with E-state index in [1.165, 1.54) is 12.8 Å². The summed E-state index contributed by atoms with van der Waals surface area (Å²) >= 11 is 1.63. The molecule has 0 unspecified atom stereocenters. The molecule has 0 heterocycles. The summed E-state index contributed by atoms with van der Waals surface area (Å²) in [5.74, 6) is 0.779. The molecule has 1 fully saturated rings. The van der Waals surface area contributed by atoms with Gasteiger partial charge in [0, 0.05) is 24.9 Å². The van der Waals surface area contributed by atoms with E-state index in [-0.39, 0.29) is 0 Å². The van der Waals surface area contributed by atoms with Gasteiger partial charge in [0.05, 0.1) is 4.90 Å². The van der Waals surface area contributed by atoms with Gasteiger partial charge in [-0.15, -0.1) is 0 Å². The fourth-order valence-corrected chi connectivity index (χ4v) is 3.79. The van der Waals surface area contributed by atoms with Gasteiger partial charge in [0.25, 0.3) is 0 Å². The Hall–Kier alpha value is -0.560. The zero-order chi connectivity index (χ0) is 14.6. The maximum atomic E-state index is 12.3. The molecule has 0 aliphatic heterocycles. The third-order valence-corrected chi connectivity index (χ3v) is 5.66. The zero-order valence-corrected chi connectivity index (χ0v) is 13.6. The summed E-state index contributed by atoms with van der Waals surface area (Å²) in [7, 11) is -3.40. The van der Waals surface area contributed by atoms with Crippen molar-refractivity contribution >= 4 is 21.8 Å². The Kier molecular flexibility index (Phi) is 5.49. The van der Waals surface area contributed by atoms with Gasteiger partial charge in [-0.25, -0.2) is 13.1 Å². The van der Waals surface area contributed by atoms with Crippen molar-refractivity contribution in [3.05, 3.63) is 29.3 Å². The first-order chi connectivity index (χ1) is 9.54. The van der Waals surface area contributed by atoms with E-state index >= 15 is 0 Å². The topological polar surface area (TPSA) is 58.2 Å². The number of sulfonamides is 1. The molecule has 0 aromatic heterocycles. The van der Waals surface area contributed by atoms with E-state index in [2.05, 4.69) is 10.0 Å². The van der Waals surface area contributed by atoms with Crippen molar-refractivity contribution in [3.63, 3.8) is 0 Å². The predicted molar refractivity (Wildman–Crippen MR) is 84.6 cm³/mol. The van der Waals surface area contributed by atoms with Gasteiger partial charge in [0.2, 0.25) is 10.0 Å². The van der Waals surface area contributed by atoms with Crippen molar-refractivity contribution in [2.24, 2.45) is 0 Å². The summed E-state index contributed by atoms with van der Waals surface area (Å²) in [4.78, 5) is 0.397. The van der Waals surface area contributed by atoms with Crippen LogP contribution >= 0.6 is 11.8 Å². The average molecular weight is 314 g/mol. The van der Waals surface area contributed by atoms with Crippen LogP contribution in [0.1, 0.15) is 24.0 Å². The number of hydrogen-bond acceptors (Lipinski definition) is 4. The van der Waals surface area contributed by atoms with E-state index < -0.39 is 10.0 Å². The smallest absolute Gasteiger partial charge is 0.240 e. The van der Waals surface area contributed by atoms with Gasteiger partial charge in [-0.2, -0.15) is 11.8 Å². The first-order valence-electron chi connectivity index (χ1n) is 6.85. The number of thioether (sulfide) groups is 1. The number of benzene rings is 1. The van der Waals surface area contributed by atoms with Crippen LogP contribution in [-0.4, -0.2) is 33.0 Å². The highest BCUT2D eigenvalue weighted by Crippen LogP contribution is 2.22. The molecule has 1 aliphatic carbocycles. The molecular weight excluding hydrogens is 292 g/mol. The summed E-state index contributed by atoms with van der Waals surface area (Å²) in [5, 5.41) is 3.43. The largest absolute Gasteiger partial charge is 0.310 e. The Morgan fingerprint density at radius 3 is 2.75 bits per heavy atom. The standard InChI is InChI=1S/C14H22N2O2S2/c1-11-12(10-15-13-6-7-13)4-3-5-14(11)20(17,18)16-8-9-19-2/h3-5,13,15-16H,6-10H2,1-2H3. The van der Waals surface area contributed by atoms with Crippen molar-refractivity contribution in [2.45, 2.75) is 37.2 Å². The van der Waals surface area contributed by atoms with E-state index in [0.29, 0.717) is 17.5 Å². The fourth-order valence-electron chi connectivity index (χ4n) is 2.04. The van der Waals surface area contributed by atoms with E-state index in [1.54, 1.807) is 17.8 Å². The SMILES string of the molecule is CSCCNS(=O)(=O)c1cccc(CNC2CC2)c1C. The Morgan fingerprint density at radius 2 is 2.10 bits per heavy atom. The normalized spacial score (nSPS) is 15.5. The minimum absolute atomic E-state index is 0.397. The van der Waals surface area contributed by atoms with Crippen LogP contribution in [0.3, 0.4) is 0 Å². The van der Waals surface area contributed by atoms with Crippen LogP contribution in [0.2, 0.25) is 0 Å². The summed E-state index contributed by atoms with van der Waals surface area (Å²) in [6.45, 7) is 3.09. The van der Waals surface area contributed by atoms with Crippen molar-refractivity contribution in [2.75, 3.05) is 18.6 Å². The fraction of sp³-hybridized carbons (Fsp3) is 0.571. The molecule has 20 heavy (non-hydrogen) atoms. The van der Waals surface area contributed by atoms with Crippen molar-refractivity contribution in [1.82, 2.24) is 10.0 Å². The van der Waals surface area contributed by atoms with Crippen molar-refractivity contribution < 1.29 is 8.42 Å². The quantitative estimate of drug-likeness (QED) is 0.720. The van der Waals surface area contributed by atoms with Crippen molar-refractivity contribution in [1.29, 1.82) is 0 Å². The highest BCUT2D eigenvalue weighted by Gasteiger charge is 2.22. The highest BCUT2D eigenvalue weighted by molar-refractivity contribution is 7.98. The third-order valence-electron chi connectivity index (χ3n) is 3.44. The van der Waals surface area contributed by atoms with Crippen LogP contribution in [0, 0.1) is 6.92 Å². The molecule has 1 aromatic rings. The minimum atomic E-state index is -3.40. The second kappa shape index (κ2) is 6.93. The van der Waals surface area contributed by atoms with E-state index in [9.17, 15) is 8.42 Å². The molecule has 1 saturated carbocycles. The van der Waals surface area contributed by atoms with E-state index in [0.717, 1.165) is 23.4 Å². The van der Waals surface area contributed by atoms with Gasteiger partial charge in [0.1, 0.15) is 0 Å². The predicted octanol–water partition coefficient (Wildman–Crippen LogP) is 1.89. The summed E-state index contributed by atoms with van der Waals surface area (Å²) in [5.41, 5.74) is 1.90. The maximum Gasteiger partial charge on any atom is 0.240 e. The van der Waals surface area contributed by atoms with Crippen LogP contribution in [0.15, 0.2) is 23.1 Å². The minimum Gasteiger partial charge on any atom is -0.310 e. The van der Waals surface area contributed by atoms with Gasteiger partial charge in [-0.05, 0) is 43.2 Å². The molecule has 0 radical (unpaired) electrons. The van der Waals surface area contributed by atoms with Crippen molar-refractivity contribution in [3.8, 4) is 0 Å². The van der Waals surface area contributed by atoms with Crippen LogP contribution in [-0.2, 0) is 16.6 Å². The molecule has 0 bridgehead atoms. The van der Waals surface area contributed by atoms with E-state index in [4.69, 9.17) is 0 Å². The molecule has 1 aromatic carbocycles. The molecule has 0 saturated heterocycles. The Morgan fingerprint density at radius 1 is 1.35 bits per heavy atom. The van der Waals surface area contributed by atoms with Crippen LogP contribution in [0.5, 0.6) is 0 Å². The monoisotopic (exact) mass is 314 g/mol. The van der Waals surface area contributed by atoms with Crippen LogP contribution in [0.25, 0.3) is 0 Å². The average Bonchev–Trinajstić information content (AvgIpc) is 3.21. The second-order valence-corrected chi connectivity index (χ2v) is 7.81. The van der Waals surface area contributed by atoms with Gasteiger partial charge in [0.15, 0.2) is 0 Å². The lowest BCUT2D eigenvalue weighted by Gasteiger charge is -2.13. The molecular formula is C14H22N2O2S2. The van der Waals surface area contributed by atoms with E-state index in [1.807, 2.05) is 25.3 Å². The molecule has 0 spiro atoms. The zero-order valence-electron chi connectivity index (χ0n) is 12.0. The van der Waals surface area contributed by atoms with Crippen LogP contribution in [0.4, 0.5) is 0 Å². The van der Waals surface area contributed by atoms with Gasteiger partial charge in [-0.1, -0.05) is 12.1 Å². The van der Waals surface area contributed by atoms with Gasteiger partial charge < -0.3 is 5.32 Å². The second-order valence-electron chi connectivity index (χ2n) is 5.09. The first-order valence-corrected chi connectivity index (χ1v) is 9.73. The Bertz CT molecular complexity index is 554. The first kappa shape index (κ1) is 15.8. The molecule has 0 atom stereocenters. The summed E-state index contributed by atoms with van der Waals surface area (Å²) in [6.07, 6.45) is 4.42. The Labute approximate surface area is 125 Å². The third kappa shape index (κ3) is 4.22. The Balaban J connectivity index is 2.11. The lowest BCUT2D eigenvalue weighted by Crippen LogP contribution is -2.27. The summed E-state index contributed by atoms with van der Waals surface area (Å²) in [6, 6.07) is 6.11. The molecule has 2 rings (SSSR count). The highest BCUT2D eigenvalue weighted by atomic mass is 32.2. The van der Waals surface area contributed by atoms with Gasteiger partial charge >= 0.3 is 0 Å². The lowest BCUT2D eigenvalue weighted by atomic mass is 10.1. The molecule has 112 valence electrons. The molecule has 1 aliphatic rings. The lowest BCUT2D eigenvalue weighted by molar-refractivity contribution is 0.583. The number of hydrogen-bond donors (Lipinski definition) is 2. The van der Waals surface area contributed by atoms with Crippen LogP contribution < -0.4 is 10.0 Å². The number of rotatable bonds is 8. The molecule has 6 heteroatoms. The maximum absolute atomic E-state index is 12.3. The summed E-state index contributed by atoms with van der Waals surface area (Å²) < 4.78 is 27.2. The molecule has 2 N–H and O–H groups in total.